The number of hydrogen-bond donors (Lipinski definition) is 2. The molecule has 168 valence electrons. The van der Waals surface area contributed by atoms with Crippen molar-refractivity contribution < 1.29 is 28.9 Å². The van der Waals surface area contributed by atoms with Crippen molar-refractivity contribution in [3.05, 3.63) is 67.9 Å². The molecule has 3 aromatic rings. The quantitative estimate of drug-likeness (QED) is 0.547. The molecule has 0 aliphatic carbocycles. The van der Waals surface area contributed by atoms with Gasteiger partial charge in [-0.3, -0.25) is 14.4 Å². The highest BCUT2D eigenvalue weighted by molar-refractivity contribution is 5.92. The lowest BCUT2D eigenvalue weighted by atomic mass is 9.87. The molecule has 32 heavy (non-hydrogen) atoms. The van der Waals surface area contributed by atoms with E-state index in [0.29, 0.717) is 16.7 Å². The van der Waals surface area contributed by atoms with Gasteiger partial charge < -0.3 is 28.9 Å². The van der Waals surface area contributed by atoms with Crippen LogP contribution >= 0.6 is 0 Å². The van der Waals surface area contributed by atoms with Gasteiger partial charge in [-0.05, 0) is 23.6 Å². The highest BCUT2D eigenvalue weighted by Gasteiger charge is 2.30. The van der Waals surface area contributed by atoms with Gasteiger partial charge in [-0.25, -0.2) is 4.79 Å². The second kappa shape index (κ2) is 8.96. The number of aromatic amines is 1. The minimum atomic E-state index is -1.19. The predicted octanol–water partition coefficient (Wildman–Crippen LogP) is 1.42. The maximum Gasteiger partial charge on any atom is 0.343 e. The van der Waals surface area contributed by atoms with Crippen molar-refractivity contribution in [3.63, 3.8) is 0 Å². The number of aromatic nitrogens is 2. The number of carbonyl (C=O) groups is 2. The number of esters is 2. The van der Waals surface area contributed by atoms with E-state index in [0.717, 1.165) is 13.3 Å². The lowest BCUT2D eigenvalue weighted by Gasteiger charge is -2.19. The normalized spacial score (nSPS) is 11.8. The largest absolute Gasteiger partial charge is 0.506 e. The Bertz CT molecular complexity index is 1320. The fourth-order valence-electron chi connectivity index (χ4n) is 3.59. The highest BCUT2D eigenvalue weighted by Crippen LogP contribution is 2.34. The van der Waals surface area contributed by atoms with Gasteiger partial charge in [-0.1, -0.05) is 0 Å². The Morgan fingerprint density at radius 1 is 1.12 bits per heavy atom. The number of benzene rings is 1. The predicted molar refractivity (Wildman–Crippen MR) is 114 cm³/mol. The SMILES string of the molecule is COC(=O)CC(c1c(O)c(C(=O)OC)c[nH]c1=O)c1cc2ccc(OC)cc2n(C)c1=O. The van der Waals surface area contributed by atoms with E-state index in [-0.39, 0.29) is 16.7 Å². The topological polar surface area (TPSA) is 137 Å². The van der Waals surface area contributed by atoms with Gasteiger partial charge in [-0.2, -0.15) is 0 Å². The van der Waals surface area contributed by atoms with Crippen molar-refractivity contribution >= 4 is 22.8 Å². The van der Waals surface area contributed by atoms with Crippen LogP contribution in [0.2, 0.25) is 0 Å². The molecule has 0 bridgehead atoms. The molecule has 10 nitrogen and oxygen atoms in total. The number of nitrogens with zero attached hydrogens (tertiary/aromatic N) is 1. The molecule has 3 rings (SSSR count). The second-order valence-electron chi connectivity index (χ2n) is 7.01. The third kappa shape index (κ3) is 3.94. The van der Waals surface area contributed by atoms with Crippen LogP contribution in [0.15, 0.2) is 40.1 Å². The van der Waals surface area contributed by atoms with Crippen molar-refractivity contribution in [2.45, 2.75) is 12.3 Å². The Kier molecular flexibility index (Phi) is 6.33. The first-order valence-electron chi connectivity index (χ1n) is 9.50. The zero-order valence-corrected chi connectivity index (χ0v) is 17.9. The van der Waals surface area contributed by atoms with Crippen LogP contribution in [0.4, 0.5) is 0 Å². The number of nitrogens with one attached hydrogen (secondary N) is 1. The third-order valence-electron chi connectivity index (χ3n) is 5.29. The van der Waals surface area contributed by atoms with E-state index in [2.05, 4.69) is 9.72 Å². The number of fused-ring (bicyclic) bond motifs is 1. The first kappa shape index (κ1) is 22.6. The van der Waals surface area contributed by atoms with E-state index >= 15 is 0 Å². The van der Waals surface area contributed by atoms with E-state index in [1.54, 1.807) is 18.2 Å². The smallest absolute Gasteiger partial charge is 0.343 e. The minimum absolute atomic E-state index is 0.0679. The molecule has 2 N–H and O–H groups in total. The summed E-state index contributed by atoms with van der Waals surface area (Å²) in [4.78, 5) is 52.5. The van der Waals surface area contributed by atoms with Gasteiger partial charge >= 0.3 is 11.9 Å². The molecule has 0 saturated heterocycles. The number of pyridine rings is 2. The molecule has 0 fully saturated rings. The minimum Gasteiger partial charge on any atom is -0.506 e. The molecule has 1 aromatic carbocycles. The molecular weight excluding hydrogens is 420 g/mol. The van der Waals surface area contributed by atoms with Crippen LogP contribution in [0, 0.1) is 0 Å². The number of rotatable bonds is 6. The summed E-state index contributed by atoms with van der Waals surface area (Å²) in [5, 5.41) is 11.4. The number of methoxy groups -OCH3 is 3. The van der Waals surface area contributed by atoms with Crippen molar-refractivity contribution in [3.8, 4) is 11.5 Å². The van der Waals surface area contributed by atoms with Crippen LogP contribution in [-0.4, -0.2) is 47.9 Å². The highest BCUT2D eigenvalue weighted by atomic mass is 16.5. The number of aryl methyl sites for hydroxylation is 1. The second-order valence-corrected chi connectivity index (χ2v) is 7.01. The third-order valence-corrected chi connectivity index (χ3v) is 5.29. The number of hydrogen-bond acceptors (Lipinski definition) is 8. The van der Waals surface area contributed by atoms with Crippen molar-refractivity contribution in [2.24, 2.45) is 7.05 Å². The van der Waals surface area contributed by atoms with Crippen LogP contribution in [0.25, 0.3) is 10.9 Å². The lowest BCUT2D eigenvalue weighted by Crippen LogP contribution is -2.29. The van der Waals surface area contributed by atoms with E-state index in [9.17, 15) is 24.3 Å². The molecule has 0 aliphatic heterocycles. The van der Waals surface area contributed by atoms with Crippen molar-refractivity contribution in [1.29, 1.82) is 0 Å². The fraction of sp³-hybridized carbons (Fsp3) is 0.273. The van der Waals surface area contributed by atoms with Gasteiger partial charge in [0.05, 0.1) is 38.8 Å². The van der Waals surface area contributed by atoms with Crippen LogP contribution in [-0.2, 0) is 21.3 Å². The molecule has 0 amide bonds. The summed E-state index contributed by atoms with van der Waals surface area (Å²) >= 11 is 0. The number of aromatic hydroxyl groups is 1. The van der Waals surface area contributed by atoms with Gasteiger partial charge in [0.25, 0.3) is 11.1 Å². The maximum absolute atomic E-state index is 13.2. The van der Waals surface area contributed by atoms with Gasteiger partial charge in [-0.15, -0.1) is 0 Å². The van der Waals surface area contributed by atoms with Gasteiger partial charge in [0.2, 0.25) is 0 Å². The number of H-pyrrole nitrogens is 1. The zero-order valence-electron chi connectivity index (χ0n) is 17.9. The summed E-state index contributed by atoms with van der Waals surface area (Å²) in [6, 6.07) is 6.64. The lowest BCUT2D eigenvalue weighted by molar-refractivity contribution is -0.140. The van der Waals surface area contributed by atoms with Gasteiger partial charge in [0.15, 0.2) is 0 Å². The zero-order chi connectivity index (χ0) is 23.6. The fourth-order valence-corrected chi connectivity index (χ4v) is 3.59. The summed E-state index contributed by atoms with van der Waals surface area (Å²) in [5.74, 6) is -2.93. The first-order valence-corrected chi connectivity index (χ1v) is 9.50. The molecular formula is C22H22N2O8. The Labute approximate surface area is 182 Å². The monoisotopic (exact) mass is 442 g/mol. The molecule has 0 radical (unpaired) electrons. The van der Waals surface area contributed by atoms with Crippen LogP contribution < -0.4 is 15.9 Å². The van der Waals surface area contributed by atoms with Crippen LogP contribution in [0.3, 0.4) is 0 Å². The molecule has 0 spiro atoms. The summed E-state index contributed by atoms with van der Waals surface area (Å²) in [6.45, 7) is 0. The molecule has 10 heteroatoms. The van der Waals surface area contributed by atoms with Crippen molar-refractivity contribution in [2.75, 3.05) is 21.3 Å². The van der Waals surface area contributed by atoms with Gasteiger partial charge in [0, 0.05) is 30.8 Å². The Hall–Kier alpha value is -4.08. The summed E-state index contributed by atoms with van der Waals surface area (Å²) in [6.07, 6.45) is 0.585. The number of carbonyl (C=O) groups excluding carboxylic acids is 2. The van der Waals surface area contributed by atoms with Crippen LogP contribution in [0.1, 0.15) is 33.8 Å². The Morgan fingerprint density at radius 3 is 2.47 bits per heavy atom. The molecule has 0 saturated carbocycles. The van der Waals surface area contributed by atoms with Gasteiger partial charge in [0.1, 0.15) is 17.1 Å². The molecule has 2 aromatic heterocycles. The van der Waals surface area contributed by atoms with E-state index in [1.807, 2.05) is 0 Å². The molecule has 1 unspecified atom stereocenters. The van der Waals surface area contributed by atoms with Crippen molar-refractivity contribution in [1.82, 2.24) is 9.55 Å². The average Bonchev–Trinajstić information content (AvgIpc) is 2.79. The summed E-state index contributed by atoms with van der Waals surface area (Å²) < 4.78 is 15.9. The molecule has 1 atom stereocenters. The summed E-state index contributed by atoms with van der Waals surface area (Å²) in [5.41, 5.74) is -1.25. The number of ether oxygens (including phenoxy) is 3. The summed E-state index contributed by atoms with van der Waals surface area (Å²) in [7, 11) is 5.33. The van der Waals surface area contributed by atoms with E-state index in [4.69, 9.17) is 9.47 Å². The first-order chi connectivity index (χ1) is 15.2. The standard InChI is InChI=1S/C22H22N2O8/c1-24-16-8-12(30-2)6-5-11(16)7-14(21(24)28)13(9-17(25)31-3)18-19(26)15(22(29)32-4)10-23-20(18)27/h5-8,10,13H,9H2,1-4H3,(H2,23,26,27). The van der Waals surface area contributed by atoms with E-state index in [1.165, 1.54) is 31.9 Å². The molecule has 0 aliphatic rings. The molecule has 2 heterocycles. The van der Waals surface area contributed by atoms with E-state index < -0.39 is 41.1 Å². The maximum atomic E-state index is 13.2. The Balaban J connectivity index is 2.34. The Morgan fingerprint density at radius 2 is 1.84 bits per heavy atom. The average molecular weight is 442 g/mol. The van der Waals surface area contributed by atoms with Crippen LogP contribution in [0.5, 0.6) is 11.5 Å².